The van der Waals surface area contributed by atoms with Crippen molar-refractivity contribution in [1.82, 2.24) is 4.57 Å². The van der Waals surface area contributed by atoms with Gasteiger partial charge in [-0.25, -0.2) is 0 Å². The number of carbonyl (C=O) groups is 1. The van der Waals surface area contributed by atoms with Gasteiger partial charge >= 0.3 is 0 Å². The molecule has 19 heavy (non-hydrogen) atoms. The third kappa shape index (κ3) is 2.76. The summed E-state index contributed by atoms with van der Waals surface area (Å²) in [7, 11) is 0. The zero-order valence-electron chi connectivity index (χ0n) is 10.8. The molecule has 4 heteroatoms. The molecule has 1 heterocycles. The number of aromatic nitrogens is 1. The Balaban J connectivity index is 2.57. The van der Waals surface area contributed by atoms with Crippen molar-refractivity contribution < 1.29 is 4.79 Å². The molecule has 2 aromatic rings. The first-order valence-electron chi connectivity index (χ1n) is 6.05. The molecule has 0 spiro atoms. The summed E-state index contributed by atoms with van der Waals surface area (Å²) in [6.45, 7) is 3.90. The van der Waals surface area contributed by atoms with Gasteiger partial charge < -0.3 is 4.57 Å². The summed E-state index contributed by atoms with van der Waals surface area (Å²) in [5, 5.41) is -0.732. The minimum absolute atomic E-state index is 0.00756. The molecular weight excluding hydrogens is 262 g/mol. The Labute approximate surface area is 116 Å². The molecular formula is C15H14ClNO2. The van der Waals surface area contributed by atoms with Gasteiger partial charge in [-0.15, -0.1) is 0 Å². The quantitative estimate of drug-likeness (QED) is 0.808. The Kier molecular flexibility index (Phi) is 3.86. The van der Waals surface area contributed by atoms with Crippen LogP contribution >= 0.6 is 11.6 Å². The fraction of sp³-hybridized carbons (Fsp3) is 0.200. The van der Waals surface area contributed by atoms with Gasteiger partial charge in [0, 0.05) is 23.6 Å². The second-order valence-corrected chi connectivity index (χ2v) is 4.70. The summed E-state index contributed by atoms with van der Waals surface area (Å²) in [5.41, 5.74) is 2.53. The number of benzene rings is 1. The van der Waals surface area contributed by atoms with Crippen molar-refractivity contribution in [3.8, 4) is 5.69 Å². The van der Waals surface area contributed by atoms with Gasteiger partial charge in [-0.1, -0.05) is 19.1 Å². The monoisotopic (exact) mass is 275 g/mol. The number of halogens is 1. The highest BCUT2D eigenvalue weighted by atomic mass is 35.5. The highest BCUT2D eigenvalue weighted by molar-refractivity contribution is 6.67. The van der Waals surface area contributed by atoms with Crippen LogP contribution in [-0.2, 0) is 6.42 Å². The lowest BCUT2D eigenvalue weighted by molar-refractivity contribution is 0.108. The van der Waals surface area contributed by atoms with Crippen molar-refractivity contribution in [2.75, 3.05) is 0 Å². The van der Waals surface area contributed by atoms with E-state index in [0.29, 0.717) is 0 Å². The molecule has 0 aliphatic rings. The molecule has 0 fully saturated rings. The lowest BCUT2D eigenvalue weighted by Gasteiger charge is -2.12. The fourth-order valence-corrected chi connectivity index (χ4v) is 2.09. The van der Waals surface area contributed by atoms with E-state index in [0.717, 1.165) is 17.8 Å². The maximum atomic E-state index is 11.6. The Morgan fingerprint density at radius 3 is 2.42 bits per heavy atom. The third-order valence-electron chi connectivity index (χ3n) is 3.08. The molecule has 0 aliphatic heterocycles. The van der Waals surface area contributed by atoms with E-state index in [4.69, 9.17) is 11.6 Å². The zero-order valence-corrected chi connectivity index (χ0v) is 11.6. The van der Waals surface area contributed by atoms with Crippen LogP contribution < -0.4 is 5.43 Å². The zero-order chi connectivity index (χ0) is 14.0. The van der Waals surface area contributed by atoms with Gasteiger partial charge in [-0.2, -0.15) is 0 Å². The summed E-state index contributed by atoms with van der Waals surface area (Å²) in [4.78, 5) is 22.9. The van der Waals surface area contributed by atoms with E-state index in [1.807, 2.05) is 31.2 Å². The van der Waals surface area contributed by atoms with E-state index < -0.39 is 5.24 Å². The average Bonchev–Trinajstić information content (AvgIpc) is 2.38. The molecule has 1 aromatic carbocycles. The maximum Gasteiger partial charge on any atom is 0.257 e. The fourth-order valence-electron chi connectivity index (χ4n) is 1.95. The van der Waals surface area contributed by atoms with E-state index in [1.165, 1.54) is 17.8 Å². The van der Waals surface area contributed by atoms with Crippen LogP contribution in [0.15, 0.2) is 41.3 Å². The number of nitrogens with zero attached hydrogens (tertiary/aromatic N) is 1. The van der Waals surface area contributed by atoms with Crippen LogP contribution in [0.3, 0.4) is 0 Å². The number of hydrogen-bond acceptors (Lipinski definition) is 2. The Morgan fingerprint density at radius 1 is 1.26 bits per heavy atom. The van der Waals surface area contributed by atoms with Crippen molar-refractivity contribution in [1.29, 1.82) is 0 Å². The van der Waals surface area contributed by atoms with Crippen LogP contribution in [0, 0.1) is 6.92 Å². The van der Waals surface area contributed by atoms with E-state index >= 15 is 0 Å². The standard InChI is InChI=1S/C15H14ClNO2/c1-3-11-4-6-12(7-5-11)17-9-13(15(16)19)14(18)8-10(17)2/h4-9H,3H2,1-2H3. The summed E-state index contributed by atoms with van der Waals surface area (Å²) >= 11 is 5.42. The molecule has 0 amide bonds. The molecule has 0 aliphatic carbocycles. The summed E-state index contributed by atoms with van der Waals surface area (Å²) in [6, 6.07) is 9.38. The van der Waals surface area contributed by atoms with Gasteiger partial charge in [0.25, 0.3) is 5.24 Å². The number of aryl methyl sites for hydroxylation is 2. The smallest absolute Gasteiger partial charge is 0.257 e. The minimum Gasteiger partial charge on any atom is -0.320 e. The van der Waals surface area contributed by atoms with Crippen molar-refractivity contribution in [3.63, 3.8) is 0 Å². The van der Waals surface area contributed by atoms with Crippen molar-refractivity contribution in [2.45, 2.75) is 20.3 Å². The SMILES string of the molecule is CCc1ccc(-n2cc(C(=O)Cl)c(=O)cc2C)cc1. The Hall–Kier alpha value is -1.87. The van der Waals surface area contributed by atoms with Gasteiger partial charge in [0.15, 0.2) is 5.43 Å². The molecule has 0 atom stereocenters. The van der Waals surface area contributed by atoms with Gasteiger partial charge in [0.1, 0.15) is 0 Å². The average molecular weight is 276 g/mol. The summed E-state index contributed by atoms with van der Waals surface area (Å²) < 4.78 is 1.79. The van der Waals surface area contributed by atoms with Crippen molar-refractivity contribution in [2.24, 2.45) is 0 Å². The summed E-state index contributed by atoms with van der Waals surface area (Å²) in [6.07, 6.45) is 2.46. The Morgan fingerprint density at radius 2 is 1.89 bits per heavy atom. The van der Waals surface area contributed by atoms with E-state index in [-0.39, 0.29) is 11.0 Å². The molecule has 0 radical (unpaired) electrons. The van der Waals surface area contributed by atoms with E-state index in [9.17, 15) is 9.59 Å². The van der Waals surface area contributed by atoms with Crippen molar-refractivity contribution in [3.05, 3.63) is 63.6 Å². The normalized spacial score (nSPS) is 10.5. The highest BCUT2D eigenvalue weighted by Crippen LogP contribution is 2.13. The van der Waals surface area contributed by atoms with E-state index in [2.05, 4.69) is 6.92 Å². The van der Waals surface area contributed by atoms with Crippen LogP contribution in [0.1, 0.15) is 28.5 Å². The van der Waals surface area contributed by atoms with Crippen LogP contribution in [0.4, 0.5) is 0 Å². The Bertz CT molecular complexity index is 672. The number of pyridine rings is 1. The second-order valence-electron chi connectivity index (χ2n) is 4.36. The van der Waals surface area contributed by atoms with Crippen LogP contribution in [0.2, 0.25) is 0 Å². The maximum absolute atomic E-state index is 11.6. The molecule has 0 bridgehead atoms. The van der Waals surface area contributed by atoms with Gasteiger partial charge in [-0.3, -0.25) is 9.59 Å². The molecule has 0 saturated carbocycles. The van der Waals surface area contributed by atoms with Crippen LogP contribution in [0.5, 0.6) is 0 Å². The summed E-state index contributed by atoms with van der Waals surface area (Å²) in [5.74, 6) is 0. The lowest BCUT2D eigenvalue weighted by Crippen LogP contribution is -2.16. The highest BCUT2D eigenvalue weighted by Gasteiger charge is 2.10. The van der Waals surface area contributed by atoms with Crippen molar-refractivity contribution >= 4 is 16.8 Å². The topological polar surface area (TPSA) is 39.1 Å². The van der Waals surface area contributed by atoms with Gasteiger partial charge in [-0.05, 0) is 42.6 Å². The molecule has 0 N–H and O–H groups in total. The molecule has 0 saturated heterocycles. The second kappa shape index (κ2) is 5.41. The molecule has 0 unspecified atom stereocenters. The number of rotatable bonds is 3. The predicted octanol–water partition coefficient (Wildman–Crippen LogP) is 3.09. The lowest BCUT2D eigenvalue weighted by atomic mass is 10.1. The number of carbonyl (C=O) groups excluding carboxylic acids is 1. The molecule has 98 valence electrons. The van der Waals surface area contributed by atoms with Gasteiger partial charge in [0.05, 0.1) is 5.56 Å². The molecule has 2 rings (SSSR count). The first-order chi connectivity index (χ1) is 9.02. The first-order valence-corrected chi connectivity index (χ1v) is 6.43. The minimum atomic E-state index is -0.732. The molecule has 3 nitrogen and oxygen atoms in total. The predicted molar refractivity (Wildman–Crippen MR) is 76.3 cm³/mol. The number of hydrogen-bond donors (Lipinski definition) is 0. The third-order valence-corrected chi connectivity index (χ3v) is 3.28. The van der Waals surface area contributed by atoms with Crippen LogP contribution in [0.25, 0.3) is 5.69 Å². The first kappa shape index (κ1) is 13.6. The van der Waals surface area contributed by atoms with E-state index in [1.54, 1.807) is 4.57 Å². The molecule has 1 aromatic heterocycles. The largest absolute Gasteiger partial charge is 0.320 e. The van der Waals surface area contributed by atoms with Gasteiger partial charge in [0.2, 0.25) is 0 Å². The van der Waals surface area contributed by atoms with Crippen LogP contribution in [-0.4, -0.2) is 9.81 Å².